The van der Waals surface area contributed by atoms with E-state index in [-0.39, 0.29) is 5.69 Å². The van der Waals surface area contributed by atoms with E-state index in [1.165, 1.54) is 6.07 Å². The van der Waals surface area contributed by atoms with Gasteiger partial charge in [-0.2, -0.15) is 13.2 Å². The number of aromatic nitrogens is 2. The molecule has 0 unspecified atom stereocenters. The third-order valence-corrected chi connectivity index (χ3v) is 5.30. The molecule has 1 saturated heterocycles. The Morgan fingerprint density at radius 2 is 1.84 bits per heavy atom. The number of rotatable bonds is 5. The third-order valence-electron chi connectivity index (χ3n) is 5.30. The van der Waals surface area contributed by atoms with Crippen LogP contribution in [-0.2, 0) is 12.7 Å². The molecule has 0 radical (unpaired) electrons. The summed E-state index contributed by atoms with van der Waals surface area (Å²) in [4.78, 5) is 14.4. The molecule has 0 spiro atoms. The maximum Gasteiger partial charge on any atom is 0.416 e. The minimum atomic E-state index is -4.64. The summed E-state index contributed by atoms with van der Waals surface area (Å²) < 4.78 is 44.6. The predicted molar refractivity (Wildman–Crippen MR) is 110 cm³/mol. The Balaban J connectivity index is 1.41. The lowest BCUT2D eigenvalue weighted by Crippen LogP contribution is -2.46. The van der Waals surface area contributed by atoms with Gasteiger partial charge in [0.05, 0.1) is 17.0 Å². The molecule has 8 nitrogen and oxygen atoms in total. The fraction of sp³-hybridized carbons (Fsp3) is 0.333. The zero-order valence-corrected chi connectivity index (χ0v) is 17.2. The summed E-state index contributed by atoms with van der Waals surface area (Å²) in [6.45, 7) is 4.32. The summed E-state index contributed by atoms with van der Waals surface area (Å²) in [5.74, 6) is 0.887. The lowest BCUT2D eigenvalue weighted by atomic mass is 10.1. The average molecular weight is 447 g/mol. The highest BCUT2D eigenvalue weighted by molar-refractivity contribution is 5.65. The third kappa shape index (κ3) is 4.72. The first-order chi connectivity index (χ1) is 15.2. The molecule has 0 atom stereocenters. The molecule has 2 aromatic carbocycles. The normalized spacial score (nSPS) is 15.2. The van der Waals surface area contributed by atoms with Crippen LogP contribution in [0.1, 0.15) is 17.0 Å². The molecule has 1 aromatic heterocycles. The van der Waals surface area contributed by atoms with Crippen molar-refractivity contribution in [1.82, 2.24) is 15.1 Å². The van der Waals surface area contributed by atoms with Crippen LogP contribution < -0.4 is 4.90 Å². The van der Waals surface area contributed by atoms with E-state index in [0.717, 1.165) is 17.2 Å². The number of nitrogens with zero attached hydrogens (tertiary/aromatic N) is 5. The zero-order valence-electron chi connectivity index (χ0n) is 17.2. The van der Waals surface area contributed by atoms with Gasteiger partial charge in [-0.25, -0.2) is 0 Å². The Labute approximate surface area is 181 Å². The molecule has 32 heavy (non-hydrogen) atoms. The fourth-order valence-electron chi connectivity index (χ4n) is 3.66. The highest BCUT2D eigenvalue weighted by atomic mass is 19.4. The Hall–Kier alpha value is -3.47. The second-order valence-corrected chi connectivity index (χ2v) is 7.59. The first-order valence-electron chi connectivity index (χ1n) is 9.93. The molecule has 3 aromatic rings. The van der Waals surface area contributed by atoms with Gasteiger partial charge in [0, 0.05) is 37.8 Å². The van der Waals surface area contributed by atoms with Gasteiger partial charge in [0.15, 0.2) is 0 Å². The molecule has 1 fully saturated rings. The SMILES string of the molecule is Cc1cccc(-c2nnc(CN3CCN(c4ccc(C(F)(F)F)cc4[N+](=O)[O-])CC3)o2)c1. The molecule has 4 rings (SSSR count). The molecule has 1 aliphatic rings. The molecule has 168 valence electrons. The number of nitro groups is 1. The maximum atomic E-state index is 12.9. The maximum absolute atomic E-state index is 12.9. The first kappa shape index (κ1) is 21.8. The monoisotopic (exact) mass is 447 g/mol. The van der Waals surface area contributed by atoms with Crippen LogP contribution >= 0.6 is 0 Å². The van der Waals surface area contributed by atoms with Crippen molar-refractivity contribution in [2.45, 2.75) is 19.6 Å². The molecule has 0 amide bonds. The van der Waals surface area contributed by atoms with Gasteiger partial charge in [-0.05, 0) is 31.2 Å². The summed E-state index contributed by atoms with van der Waals surface area (Å²) in [6.07, 6.45) is -4.64. The van der Waals surface area contributed by atoms with Gasteiger partial charge in [-0.15, -0.1) is 10.2 Å². The van der Waals surface area contributed by atoms with E-state index < -0.39 is 22.4 Å². The van der Waals surface area contributed by atoms with Crippen molar-refractivity contribution in [2.24, 2.45) is 0 Å². The second kappa shape index (κ2) is 8.58. The molecule has 0 saturated carbocycles. The Morgan fingerprint density at radius 1 is 1.09 bits per heavy atom. The molecule has 0 bridgehead atoms. The quantitative estimate of drug-likeness (QED) is 0.426. The Morgan fingerprint density at radius 3 is 2.50 bits per heavy atom. The number of piperazine rings is 1. The smallest absolute Gasteiger partial charge is 0.416 e. The van der Waals surface area contributed by atoms with Crippen LogP contribution in [-0.4, -0.2) is 46.2 Å². The topological polar surface area (TPSA) is 88.5 Å². The predicted octanol–water partition coefficient (Wildman–Crippen LogP) is 4.29. The van der Waals surface area contributed by atoms with E-state index >= 15 is 0 Å². The minimum Gasteiger partial charge on any atom is -0.419 e. The number of aryl methyl sites for hydroxylation is 1. The van der Waals surface area contributed by atoms with Crippen molar-refractivity contribution < 1.29 is 22.5 Å². The van der Waals surface area contributed by atoms with Crippen molar-refractivity contribution in [2.75, 3.05) is 31.1 Å². The number of alkyl halides is 3. The van der Waals surface area contributed by atoms with Crippen molar-refractivity contribution >= 4 is 11.4 Å². The van der Waals surface area contributed by atoms with Crippen LogP contribution in [0.25, 0.3) is 11.5 Å². The number of nitro benzene ring substituents is 1. The van der Waals surface area contributed by atoms with E-state index in [4.69, 9.17) is 4.42 Å². The molecule has 2 heterocycles. The number of benzene rings is 2. The van der Waals surface area contributed by atoms with E-state index in [2.05, 4.69) is 15.1 Å². The van der Waals surface area contributed by atoms with Crippen LogP contribution in [0.4, 0.5) is 24.5 Å². The number of hydrogen-bond donors (Lipinski definition) is 0. The average Bonchev–Trinajstić information content (AvgIpc) is 3.22. The van der Waals surface area contributed by atoms with Crippen LogP contribution in [0.2, 0.25) is 0 Å². The van der Waals surface area contributed by atoms with Crippen molar-refractivity contribution in [3.05, 3.63) is 69.6 Å². The van der Waals surface area contributed by atoms with Gasteiger partial charge >= 0.3 is 6.18 Å². The second-order valence-electron chi connectivity index (χ2n) is 7.59. The molecular weight excluding hydrogens is 427 g/mol. The lowest BCUT2D eigenvalue weighted by Gasteiger charge is -2.35. The first-order valence-corrected chi connectivity index (χ1v) is 9.93. The van der Waals surface area contributed by atoms with Crippen LogP contribution in [0.5, 0.6) is 0 Å². The standard InChI is InChI=1S/C21H20F3N5O3/c1-14-3-2-4-15(11-14)20-26-25-19(32-20)13-27-7-9-28(10-8-27)17-6-5-16(21(22,23)24)12-18(17)29(30)31/h2-6,11-12H,7-10,13H2,1H3. The fourth-order valence-corrected chi connectivity index (χ4v) is 3.66. The van der Waals surface area contributed by atoms with E-state index in [1.807, 2.05) is 31.2 Å². The summed E-state index contributed by atoms with van der Waals surface area (Å²) in [5.41, 5.74) is 0.515. The van der Waals surface area contributed by atoms with E-state index in [0.29, 0.717) is 50.6 Å². The van der Waals surface area contributed by atoms with Gasteiger partial charge in [-0.3, -0.25) is 15.0 Å². The van der Waals surface area contributed by atoms with E-state index in [1.54, 1.807) is 4.90 Å². The largest absolute Gasteiger partial charge is 0.419 e. The molecular formula is C21H20F3N5O3. The van der Waals surface area contributed by atoms with E-state index in [9.17, 15) is 23.3 Å². The molecule has 11 heteroatoms. The number of anilines is 1. The lowest BCUT2D eigenvalue weighted by molar-refractivity contribution is -0.384. The molecule has 0 N–H and O–H groups in total. The van der Waals surface area contributed by atoms with Gasteiger partial charge in [0.25, 0.3) is 5.69 Å². The minimum absolute atomic E-state index is 0.183. The summed E-state index contributed by atoms with van der Waals surface area (Å²) >= 11 is 0. The summed E-state index contributed by atoms with van der Waals surface area (Å²) in [5, 5.41) is 19.6. The summed E-state index contributed by atoms with van der Waals surface area (Å²) in [7, 11) is 0. The van der Waals surface area contributed by atoms with Gasteiger partial charge in [0.2, 0.25) is 11.8 Å². The highest BCUT2D eigenvalue weighted by Gasteiger charge is 2.34. The van der Waals surface area contributed by atoms with Crippen molar-refractivity contribution in [3.63, 3.8) is 0 Å². The van der Waals surface area contributed by atoms with Crippen molar-refractivity contribution in [1.29, 1.82) is 0 Å². The molecule has 0 aliphatic carbocycles. The Bertz CT molecular complexity index is 1120. The van der Waals surface area contributed by atoms with Crippen LogP contribution in [0.15, 0.2) is 46.9 Å². The molecule has 1 aliphatic heterocycles. The van der Waals surface area contributed by atoms with Crippen molar-refractivity contribution in [3.8, 4) is 11.5 Å². The number of halogens is 3. The van der Waals surface area contributed by atoms with Gasteiger partial charge < -0.3 is 9.32 Å². The Kier molecular flexibility index (Phi) is 5.83. The van der Waals surface area contributed by atoms with Crippen LogP contribution in [0.3, 0.4) is 0 Å². The number of hydrogen-bond acceptors (Lipinski definition) is 7. The highest BCUT2D eigenvalue weighted by Crippen LogP contribution is 2.36. The zero-order chi connectivity index (χ0) is 22.9. The van der Waals surface area contributed by atoms with Crippen LogP contribution in [0, 0.1) is 17.0 Å². The van der Waals surface area contributed by atoms with Gasteiger partial charge in [-0.1, -0.05) is 17.7 Å². The summed E-state index contributed by atoms with van der Waals surface area (Å²) in [6, 6.07) is 10.4. The van der Waals surface area contributed by atoms with Gasteiger partial charge in [0.1, 0.15) is 5.69 Å².